The molecule has 24 heavy (non-hydrogen) atoms. The Morgan fingerprint density at radius 2 is 1.75 bits per heavy atom. The average Bonchev–Trinajstić information content (AvgIpc) is 2.42. The Bertz CT molecular complexity index is 547. The standard InChI is InChI=1S/C10H11F5O2S.C3H7NO2/c11-18(12,13,14,15)10-5-3-9(4-6-10)17-8-2-1-7-16;1-4-2-3(5)6/h3-7H,1-2,8H2;4H,2H2,1H3,(H,5,6). The molecule has 0 unspecified atom stereocenters. The minimum atomic E-state index is -9.60. The summed E-state index contributed by atoms with van der Waals surface area (Å²) in [5, 5.41) is 10.3. The summed E-state index contributed by atoms with van der Waals surface area (Å²) >= 11 is 0. The lowest BCUT2D eigenvalue weighted by Crippen LogP contribution is -2.16. The quantitative estimate of drug-likeness (QED) is 0.406. The topological polar surface area (TPSA) is 75.6 Å². The highest BCUT2D eigenvalue weighted by Gasteiger charge is 2.65. The van der Waals surface area contributed by atoms with Gasteiger partial charge in [0.2, 0.25) is 0 Å². The summed E-state index contributed by atoms with van der Waals surface area (Å²) in [7, 11) is -8.01. The first kappa shape index (κ1) is 22.1. The number of aliphatic carboxylic acids is 1. The summed E-state index contributed by atoms with van der Waals surface area (Å²) in [5.74, 6) is -0.774. The molecule has 11 heteroatoms. The number of likely N-dealkylation sites (N-methyl/N-ethyl adjacent to an activating group) is 1. The normalized spacial score (nSPS) is 13.8. The number of rotatable bonds is 8. The van der Waals surface area contributed by atoms with E-state index in [0.717, 1.165) is 12.1 Å². The molecule has 1 aromatic rings. The van der Waals surface area contributed by atoms with Gasteiger partial charge in [-0.1, -0.05) is 19.4 Å². The van der Waals surface area contributed by atoms with Crippen LogP contribution in [0.15, 0.2) is 29.2 Å². The fourth-order valence-corrected chi connectivity index (χ4v) is 1.95. The van der Waals surface area contributed by atoms with E-state index in [0.29, 0.717) is 12.7 Å². The van der Waals surface area contributed by atoms with E-state index in [4.69, 9.17) is 9.84 Å². The Labute approximate surface area is 135 Å². The van der Waals surface area contributed by atoms with E-state index in [9.17, 15) is 29.0 Å². The van der Waals surface area contributed by atoms with Crippen LogP contribution in [0.1, 0.15) is 12.8 Å². The Morgan fingerprint density at radius 1 is 1.21 bits per heavy atom. The number of nitrogens with one attached hydrogen (secondary N) is 1. The van der Waals surface area contributed by atoms with Crippen molar-refractivity contribution in [1.29, 1.82) is 0 Å². The van der Waals surface area contributed by atoms with E-state index in [2.05, 4.69) is 5.32 Å². The van der Waals surface area contributed by atoms with Crippen molar-refractivity contribution < 1.29 is 38.9 Å². The molecule has 0 saturated heterocycles. The molecule has 0 aromatic heterocycles. The van der Waals surface area contributed by atoms with Crippen molar-refractivity contribution in [3.8, 4) is 5.75 Å². The van der Waals surface area contributed by atoms with Crippen LogP contribution < -0.4 is 10.1 Å². The number of halogens is 5. The van der Waals surface area contributed by atoms with E-state index in [1.165, 1.54) is 0 Å². The van der Waals surface area contributed by atoms with Gasteiger partial charge in [-0.3, -0.25) is 4.79 Å². The van der Waals surface area contributed by atoms with Crippen molar-refractivity contribution in [3.63, 3.8) is 0 Å². The molecule has 0 aliphatic heterocycles. The van der Waals surface area contributed by atoms with Gasteiger partial charge >= 0.3 is 16.2 Å². The summed E-state index contributed by atoms with van der Waals surface area (Å²) in [4.78, 5) is 17.6. The van der Waals surface area contributed by atoms with Crippen LogP contribution >= 0.6 is 10.2 Å². The maximum atomic E-state index is 12.4. The third-order valence-corrected chi connectivity index (χ3v) is 3.50. The largest absolute Gasteiger partial charge is 0.494 e. The lowest BCUT2D eigenvalue weighted by atomic mass is 10.3. The van der Waals surface area contributed by atoms with Crippen molar-refractivity contribution in [2.45, 2.75) is 17.7 Å². The zero-order chi connectivity index (χ0) is 18.9. The van der Waals surface area contributed by atoms with Crippen LogP contribution in [0.5, 0.6) is 5.75 Å². The highest BCUT2D eigenvalue weighted by atomic mass is 32.5. The Kier molecular flexibility index (Phi) is 7.18. The van der Waals surface area contributed by atoms with Crippen molar-refractivity contribution in [3.05, 3.63) is 24.3 Å². The Balaban J connectivity index is 0.000000754. The second kappa shape index (κ2) is 7.79. The van der Waals surface area contributed by atoms with Gasteiger partial charge in [-0.2, -0.15) is 0 Å². The number of carboxylic acids is 1. The van der Waals surface area contributed by atoms with Crippen LogP contribution in [0.25, 0.3) is 0 Å². The molecule has 0 fully saturated rings. The first-order chi connectivity index (χ1) is 10.8. The fourth-order valence-electron chi connectivity index (χ4n) is 1.30. The zero-order valence-electron chi connectivity index (χ0n) is 12.7. The minimum Gasteiger partial charge on any atom is -0.494 e. The molecule has 1 rings (SSSR count). The molecular weight excluding hydrogens is 361 g/mol. The number of carbonyl (C=O) groups excluding carboxylic acids is 1. The number of aldehydes is 1. The van der Waals surface area contributed by atoms with Gasteiger partial charge in [0.05, 0.1) is 13.2 Å². The molecule has 0 radical (unpaired) electrons. The maximum absolute atomic E-state index is 12.4. The summed E-state index contributed by atoms with van der Waals surface area (Å²) in [6.07, 6.45) is 1.36. The lowest BCUT2D eigenvalue weighted by molar-refractivity contribution is -0.135. The maximum Gasteiger partial charge on any atom is 0.317 e. The third-order valence-electron chi connectivity index (χ3n) is 2.33. The third kappa shape index (κ3) is 10.0. The number of ether oxygens (including phenoxy) is 1. The van der Waals surface area contributed by atoms with Crippen molar-refractivity contribution in [2.24, 2.45) is 0 Å². The molecule has 0 spiro atoms. The predicted octanol–water partition coefficient (Wildman–Crippen LogP) is 3.99. The molecule has 1 aromatic carbocycles. The van der Waals surface area contributed by atoms with Gasteiger partial charge in [0.25, 0.3) is 0 Å². The van der Waals surface area contributed by atoms with E-state index in [-0.39, 0.29) is 37.5 Å². The number of carboxylic acid groups (broad SMARTS) is 1. The summed E-state index contributed by atoms with van der Waals surface area (Å²) in [5.41, 5.74) is 0. The van der Waals surface area contributed by atoms with Crippen LogP contribution in [0.3, 0.4) is 0 Å². The summed E-state index contributed by atoms with van der Waals surface area (Å²) < 4.78 is 66.7. The van der Waals surface area contributed by atoms with E-state index in [1.54, 1.807) is 7.05 Å². The average molecular weight is 379 g/mol. The van der Waals surface area contributed by atoms with Gasteiger partial charge in [-0.15, -0.1) is 0 Å². The van der Waals surface area contributed by atoms with E-state index >= 15 is 0 Å². The van der Waals surface area contributed by atoms with Crippen molar-refractivity contribution in [2.75, 3.05) is 20.2 Å². The van der Waals surface area contributed by atoms with Gasteiger partial charge < -0.3 is 20.0 Å². The van der Waals surface area contributed by atoms with E-state index in [1.807, 2.05) is 0 Å². The number of hydrogen-bond donors (Lipinski definition) is 2. The monoisotopic (exact) mass is 379 g/mol. The second-order valence-electron chi connectivity index (χ2n) is 4.52. The zero-order valence-corrected chi connectivity index (χ0v) is 13.5. The molecule has 0 heterocycles. The minimum absolute atomic E-state index is 0.0417. The molecule has 2 N–H and O–H groups in total. The number of unbranched alkanes of at least 4 members (excludes halogenated alkanes) is 1. The van der Waals surface area contributed by atoms with Gasteiger partial charge in [-0.25, -0.2) is 0 Å². The number of carbonyl (C=O) groups is 2. The van der Waals surface area contributed by atoms with Gasteiger partial charge in [-0.05, 0) is 37.7 Å². The Hall–Kier alpha value is -1.88. The molecule has 0 amide bonds. The number of benzene rings is 1. The molecule has 140 valence electrons. The first-order valence-electron chi connectivity index (χ1n) is 6.57. The number of hydrogen-bond acceptors (Lipinski definition) is 4. The van der Waals surface area contributed by atoms with Gasteiger partial charge in [0.1, 0.15) is 16.9 Å². The van der Waals surface area contributed by atoms with Crippen molar-refractivity contribution >= 4 is 22.5 Å². The molecule has 0 aliphatic carbocycles. The molecule has 0 saturated carbocycles. The summed E-state index contributed by atoms with van der Waals surface area (Å²) in [6.45, 7) is 0.175. The second-order valence-corrected chi connectivity index (χ2v) is 6.93. The lowest BCUT2D eigenvalue weighted by Gasteiger charge is -2.40. The predicted molar refractivity (Wildman–Crippen MR) is 80.2 cm³/mol. The SMILES string of the molecule is CNCC(=O)O.O=CCCCOc1ccc(S(F)(F)(F)(F)F)cc1. The smallest absolute Gasteiger partial charge is 0.317 e. The van der Waals surface area contributed by atoms with Gasteiger partial charge in [0.15, 0.2) is 0 Å². The molecular formula is C13H18F5NO4S. The van der Waals surface area contributed by atoms with Crippen LogP contribution in [0.2, 0.25) is 0 Å². The van der Waals surface area contributed by atoms with Crippen LogP contribution in [0.4, 0.5) is 19.4 Å². The fraction of sp³-hybridized carbons (Fsp3) is 0.385. The highest BCUT2D eigenvalue weighted by molar-refractivity contribution is 8.45. The molecule has 0 aliphatic rings. The van der Waals surface area contributed by atoms with Crippen LogP contribution in [-0.2, 0) is 9.59 Å². The van der Waals surface area contributed by atoms with Gasteiger partial charge in [0, 0.05) is 6.42 Å². The van der Waals surface area contributed by atoms with E-state index < -0.39 is 21.1 Å². The highest BCUT2D eigenvalue weighted by Crippen LogP contribution is 3.02. The molecule has 0 atom stereocenters. The molecule has 0 bridgehead atoms. The van der Waals surface area contributed by atoms with Crippen LogP contribution in [0, 0.1) is 0 Å². The van der Waals surface area contributed by atoms with Crippen molar-refractivity contribution in [1.82, 2.24) is 5.32 Å². The molecule has 5 nitrogen and oxygen atoms in total. The Morgan fingerprint density at radius 3 is 2.08 bits per heavy atom. The van der Waals surface area contributed by atoms with Crippen LogP contribution in [-0.4, -0.2) is 37.6 Å². The summed E-state index contributed by atoms with van der Waals surface area (Å²) in [6, 6.07) is 2.23. The first-order valence-corrected chi connectivity index (χ1v) is 8.52.